The van der Waals surface area contributed by atoms with Crippen molar-refractivity contribution in [2.45, 2.75) is 46.8 Å². The van der Waals surface area contributed by atoms with Crippen molar-refractivity contribution >= 4 is 28.5 Å². The molecular formula is C20H27FN4O4S. The van der Waals surface area contributed by atoms with Gasteiger partial charge in [-0.2, -0.15) is 4.37 Å². The van der Waals surface area contributed by atoms with Gasteiger partial charge in [0.15, 0.2) is 5.56 Å². The standard InChI is InChI=1S/C20H27FN4O4S/c1-11(2)22-8-5-9-23-20(28)24-18-15(19(26)27)17(25-30-18)29-10-14-7-6-12(3)16(21)13(14)4/h6-7,11,22H,5,8-10H2,1-4H3,(H,26,27)(H2,23,24,28). The average Bonchev–Trinajstić information content (AvgIpc) is 3.07. The summed E-state index contributed by atoms with van der Waals surface area (Å²) in [6.07, 6.45) is 0.737. The van der Waals surface area contributed by atoms with Crippen LogP contribution in [0.4, 0.5) is 14.2 Å². The van der Waals surface area contributed by atoms with Crippen molar-refractivity contribution in [3.05, 3.63) is 40.2 Å². The lowest BCUT2D eigenvalue weighted by Crippen LogP contribution is -2.32. The highest BCUT2D eigenvalue weighted by atomic mass is 32.1. The summed E-state index contributed by atoms with van der Waals surface area (Å²) in [6, 6.07) is 3.21. The van der Waals surface area contributed by atoms with Crippen LogP contribution >= 0.6 is 11.5 Å². The number of anilines is 1. The summed E-state index contributed by atoms with van der Waals surface area (Å²) in [7, 11) is 0. The minimum absolute atomic E-state index is 0.0401. The number of hydrogen-bond donors (Lipinski definition) is 4. The molecule has 0 bridgehead atoms. The Morgan fingerprint density at radius 1 is 1.27 bits per heavy atom. The van der Waals surface area contributed by atoms with Gasteiger partial charge in [-0.15, -0.1) is 0 Å². The van der Waals surface area contributed by atoms with Crippen LogP contribution in [-0.4, -0.2) is 40.6 Å². The van der Waals surface area contributed by atoms with Crippen LogP contribution in [0, 0.1) is 19.7 Å². The smallest absolute Gasteiger partial charge is 0.344 e. The maximum absolute atomic E-state index is 14.0. The number of nitrogens with zero attached hydrogens (tertiary/aromatic N) is 1. The summed E-state index contributed by atoms with van der Waals surface area (Å²) in [5.74, 6) is -1.72. The fraction of sp³-hybridized carbons (Fsp3) is 0.450. The number of nitrogens with one attached hydrogen (secondary N) is 3. The van der Waals surface area contributed by atoms with Gasteiger partial charge < -0.3 is 20.5 Å². The molecule has 0 saturated heterocycles. The van der Waals surface area contributed by atoms with Crippen LogP contribution in [0.15, 0.2) is 12.1 Å². The third kappa shape index (κ3) is 6.39. The Labute approximate surface area is 179 Å². The zero-order valence-corrected chi connectivity index (χ0v) is 18.3. The minimum atomic E-state index is -1.28. The number of benzene rings is 1. The van der Waals surface area contributed by atoms with Crippen molar-refractivity contribution in [3.63, 3.8) is 0 Å². The molecule has 30 heavy (non-hydrogen) atoms. The number of carbonyl (C=O) groups excluding carboxylic acids is 1. The molecule has 2 rings (SSSR count). The molecule has 2 aromatic rings. The van der Waals surface area contributed by atoms with Crippen LogP contribution in [0.1, 0.15) is 47.3 Å². The van der Waals surface area contributed by atoms with Gasteiger partial charge >= 0.3 is 12.0 Å². The first kappa shape index (κ1) is 23.6. The van der Waals surface area contributed by atoms with Gasteiger partial charge in [0.05, 0.1) is 0 Å². The van der Waals surface area contributed by atoms with E-state index in [0.717, 1.165) is 24.5 Å². The molecule has 1 aromatic heterocycles. The first-order valence-corrected chi connectivity index (χ1v) is 10.4. The lowest BCUT2D eigenvalue weighted by molar-refractivity contribution is 0.0693. The molecule has 1 aromatic carbocycles. The lowest BCUT2D eigenvalue weighted by Gasteiger charge is -2.10. The van der Waals surface area contributed by atoms with Gasteiger partial charge in [0, 0.05) is 12.6 Å². The molecule has 10 heteroatoms. The molecule has 1 heterocycles. The Morgan fingerprint density at radius 3 is 2.67 bits per heavy atom. The molecule has 2 amide bonds. The lowest BCUT2D eigenvalue weighted by atomic mass is 10.1. The zero-order chi connectivity index (χ0) is 22.3. The zero-order valence-electron chi connectivity index (χ0n) is 17.5. The molecule has 0 atom stereocenters. The molecule has 0 aliphatic rings. The molecule has 0 aliphatic carbocycles. The number of carboxylic acid groups (broad SMARTS) is 1. The molecular weight excluding hydrogens is 411 g/mol. The van der Waals surface area contributed by atoms with E-state index < -0.39 is 12.0 Å². The molecule has 0 unspecified atom stereocenters. The molecule has 0 aliphatic heterocycles. The second-order valence-electron chi connectivity index (χ2n) is 7.11. The molecule has 164 valence electrons. The highest BCUT2D eigenvalue weighted by Crippen LogP contribution is 2.31. The number of hydrogen-bond acceptors (Lipinski definition) is 6. The van der Waals surface area contributed by atoms with Crippen molar-refractivity contribution < 1.29 is 23.8 Å². The summed E-state index contributed by atoms with van der Waals surface area (Å²) in [5.41, 5.74) is 1.31. The highest BCUT2D eigenvalue weighted by molar-refractivity contribution is 7.11. The fourth-order valence-corrected chi connectivity index (χ4v) is 3.36. The fourth-order valence-electron chi connectivity index (χ4n) is 2.64. The second-order valence-corrected chi connectivity index (χ2v) is 7.88. The Balaban J connectivity index is 1.99. The number of aromatic nitrogens is 1. The minimum Gasteiger partial charge on any atom is -0.477 e. The topological polar surface area (TPSA) is 113 Å². The van der Waals surface area contributed by atoms with Crippen LogP contribution in [-0.2, 0) is 6.61 Å². The van der Waals surface area contributed by atoms with E-state index in [-0.39, 0.29) is 28.9 Å². The van der Waals surface area contributed by atoms with E-state index in [9.17, 15) is 19.1 Å². The van der Waals surface area contributed by atoms with Crippen LogP contribution in [0.25, 0.3) is 0 Å². The number of carbonyl (C=O) groups is 2. The third-order valence-electron chi connectivity index (χ3n) is 4.35. The average molecular weight is 439 g/mol. The molecule has 4 N–H and O–H groups in total. The Morgan fingerprint density at radius 2 is 2.00 bits per heavy atom. The number of aromatic carboxylic acids is 1. The SMILES string of the molecule is Cc1ccc(COc2nsc(NC(=O)NCCCNC(C)C)c2C(=O)O)c(C)c1F. The number of rotatable bonds is 10. The number of urea groups is 1. The number of carboxylic acids is 1. The summed E-state index contributed by atoms with van der Waals surface area (Å²) >= 11 is 0.811. The van der Waals surface area contributed by atoms with Crippen LogP contribution in [0.5, 0.6) is 5.88 Å². The van der Waals surface area contributed by atoms with E-state index in [2.05, 4.69) is 20.3 Å². The van der Waals surface area contributed by atoms with Crippen molar-refractivity contribution in [1.82, 2.24) is 15.0 Å². The van der Waals surface area contributed by atoms with E-state index >= 15 is 0 Å². The van der Waals surface area contributed by atoms with Crippen molar-refractivity contribution in [2.75, 3.05) is 18.4 Å². The normalized spacial score (nSPS) is 10.9. The van der Waals surface area contributed by atoms with E-state index in [1.807, 2.05) is 13.8 Å². The maximum Gasteiger partial charge on any atom is 0.344 e. The number of ether oxygens (including phenoxy) is 1. The third-order valence-corrected chi connectivity index (χ3v) is 5.10. The summed E-state index contributed by atoms with van der Waals surface area (Å²) in [5, 5.41) is 18.0. The van der Waals surface area contributed by atoms with Crippen LogP contribution < -0.4 is 20.7 Å². The molecule has 0 spiro atoms. The van der Waals surface area contributed by atoms with Crippen molar-refractivity contribution in [3.8, 4) is 5.88 Å². The van der Waals surface area contributed by atoms with Gasteiger partial charge in [-0.3, -0.25) is 5.32 Å². The first-order chi connectivity index (χ1) is 14.2. The second kappa shape index (κ2) is 10.9. The number of aryl methyl sites for hydroxylation is 1. The number of amides is 2. The summed E-state index contributed by atoms with van der Waals surface area (Å²) in [4.78, 5) is 23.7. The molecule has 8 nitrogen and oxygen atoms in total. The van der Waals surface area contributed by atoms with E-state index in [0.29, 0.717) is 29.3 Å². The van der Waals surface area contributed by atoms with Gasteiger partial charge in [0.2, 0.25) is 5.88 Å². The van der Waals surface area contributed by atoms with Crippen molar-refractivity contribution in [2.24, 2.45) is 0 Å². The van der Waals surface area contributed by atoms with Crippen LogP contribution in [0.3, 0.4) is 0 Å². The van der Waals surface area contributed by atoms with Gasteiger partial charge in [0.1, 0.15) is 17.4 Å². The van der Waals surface area contributed by atoms with Gasteiger partial charge in [-0.05, 0) is 55.0 Å². The number of halogens is 1. The Bertz CT molecular complexity index is 901. The van der Waals surface area contributed by atoms with Crippen molar-refractivity contribution in [1.29, 1.82) is 0 Å². The highest BCUT2D eigenvalue weighted by Gasteiger charge is 2.23. The quantitative estimate of drug-likeness (QED) is 0.421. The summed E-state index contributed by atoms with van der Waals surface area (Å²) < 4.78 is 23.6. The Hall–Kier alpha value is -2.72. The monoisotopic (exact) mass is 438 g/mol. The van der Waals surface area contributed by atoms with Crippen LogP contribution in [0.2, 0.25) is 0 Å². The predicted molar refractivity (Wildman–Crippen MR) is 114 cm³/mol. The van der Waals surface area contributed by atoms with E-state index in [1.54, 1.807) is 26.0 Å². The summed E-state index contributed by atoms with van der Waals surface area (Å²) in [6.45, 7) is 8.53. The predicted octanol–water partition coefficient (Wildman–Crippen LogP) is 3.69. The largest absolute Gasteiger partial charge is 0.477 e. The molecule has 0 radical (unpaired) electrons. The maximum atomic E-state index is 14.0. The van der Waals surface area contributed by atoms with Gasteiger partial charge in [0.25, 0.3) is 0 Å². The Kier molecular flexibility index (Phi) is 8.55. The van der Waals surface area contributed by atoms with E-state index in [1.165, 1.54) is 0 Å². The first-order valence-electron chi connectivity index (χ1n) is 9.59. The van der Waals surface area contributed by atoms with E-state index in [4.69, 9.17) is 4.74 Å². The molecule has 0 saturated carbocycles. The van der Waals surface area contributed by atoms with Gasteiger partial charge in [-0.25, -0.2) is 14.0 Å². The molecule has 0 fully saturated rings. The van der Waals surface area contributed by atoms with Gasteiger partial charge in [-0.1, -0.05) is 26.0 Å².